The molecular weight excluding hydrogens is 264 g/mol. The van der Waals surface area contributed by atoms with E-state index in [9.17, 15) is 14.9 Å². The first-order chi connectivity index (χ1) is 9.60. The van der Waals surface area contributed by atoms with Gasteiger partial charge in [-0.15, -0.1) is 0 Å². The molecule has 1 aromatic heterocycles. The number of anilines is 1. The summed E-state index contributed by atoms with van der Waals surface area (Å²) in [5.74, 6) is -0.542. The molecule has 1 N–H and O–H groups in total. The molecule has 0 unspecified atom stereocenters. The van der Waals surface area contributed by atoms with Crippen molar-refractivity contribution in [3.05, 3.63) is 52.3 Å². The van der Waals surface area contributed by atoms with Crippen molar-refractivity contribution in [1.29, 1.82) is 0 Å². The van der Waals surface area contributed by atoms with E-state index in [1.807, 2.05) is 6.92 Å². The van der Waals surface area contributed by atoms with Crippen molar-refractivity contribution in [2.75, 3.05) is 11.9 Å². The Balaban J connectivity index is 2.10. The molecule has 7 heteroatoms. The van der Waals surface area contributed by atoms with Gasteiger partial charge in [0.15, 0.2) is 5.76 Å². The fourth-order valence-corrected chi connectivity index (χ4v) is 1.57. The summed E-state index contributed by atoms with van der Waals surface area (Å²) < 4.78 is 10.1. The SMILES string of the molecule is CCOc1cccc(NC(=O)c2ccc([N+](=O)[O-])o2)c1. The van der Waals surface area contributed by atoms with Crippen LogP contribution in [0, 0.1) is 10.1 Å². The minimum Gasteiger partial charge on any atom is -0.494 e. The number of nitrogens with one attached hydrogen (secondary N) is 1. The third-order valence-corrected chi connectivity index (χ3v) is 2.40. The third kappa shape index (κ3) is 3.14. The molecule has 0 saturated heterocycles. The Hall–Kier alpha value is -2.83. The van der Waals surface area contributed by atoms with E-state index in [1.54, 1.807) is 24.3 Å². The van der Waals surface area contributed by atoms with E-state index >= 15 is 0 Å². The lowest BCUT2D eigenvalue weighted by molar-refractivity contribution is -0.402. The zero-order valence-corrected chi connectivity index (χ0v) is 10.7. The maximum Gasteiger partial charge on any atom is 0.433 e. The molecule has 1 heterocycles. The van der Waals surface area contributed by atoms with Crippen LogP contribution in [0.2, 0.25) is 0 Å². The summed E-state index contributed by atoms with van der Waals surface area (Å²) in [4.78, 5) is 21.6. The summed E-state index contributed by atoms with van der Waals surface area (Å²) in [5, 5.41) is 13.0. The zero-order chi connectivity index (χ0) is 14.5. The Bertz CT molecular complexity index is 635. The molecule has 0 aliphatic carbocycles. The van der Waals surface area contributed by atoms with Crippen LogP contribution in [0.3, 0.4) is 0 Å². The van der Waals surface area contributed by atoms with Crippen molar-refractivity contribution in [1.82, 2.24) is 0 Å². The molecule has 7 nitrogen and oxygen atoms in total. The van der Waals surface area contributed by atoms with Gasteiger partial charge in [0.2, 0.25) is 0 Å². The number of nitrogens with zero attached hydrogens (tertiary/aromatic N) is 1. The number of nitro groups is 1. The molecule has 0 atom stereocenters. The van der Waals surface area contributed by atoms with Crippen LogP contribution in [0.4, 0.5) is 11.6 Å². The molecule has 0 bridgehead atoms. The average molecular weight is 276 g/mol. The summed E-state index contributed by atoms with van der Waals surface area (Å²) in [5.41, 5.74) is 0.514. The van der Waals surface area contributed by atoms with Crippen LogP contribution in [0.15, 0.2) is 40.8 Å². The largest absolute Gasteiger partial charge is 0.494 e. The van der Waals surface area contributed by atoms with Gasteiger partial charge in [-0.1, -0.05) is 6.07 Å². The van der Waals surface area contributed by atoms with E-state index in [0.717, 1.165) is 6.07 Å². The van der Waals surface area contributed by atoms with Crippen molar-refractivity contribution in [3.8, 4) is 5.75 Å². The first kappa shape index (κ1) is 13.6. The number of hydrogen-bond donors (Lipinski definition) is 1. The van der Waals surface area contributed by atoms with Crippen LogP contribution in [0.5, 0.6) is 5.75 Å². The molecule has 0 aliphatic rings. The zero-order valence-electron chi connectivity index (χ0n) is 10.7. The van der Waals surface area contributed by atoms with Crippen molar-refractivity contribution >= 4 is 17.5 Å². The van der Waals surface area contributed by atoms with Gasteiger partial charge >= 0.3 is 5.88 Å². The van der Waals surface area contributed by atoms with Crippen molar-refractivity contribution in [2.45, 2.75) is 6.92 Å². The van der Waals surface area contributed by atoms with Gasteiger partial charge in [0.05, 0.1) is 12.7 Å². The molecule has 2 rings (SSSR count). The molecule has 0 aliphatic heterocycles. The van der Waals surface area contributed by atoms with Crippen LogP contribution < -0.4 is 10.1 Å². The molecule has 1 aromatic carbocycles. The Morgan fingerprint density at radius 2 is 2.20 bits per heavy atom. The van der Waals surface area contributed by atoms with Crippen LogP contribution in [-0.4, -0.2) is 17.4 Å². The number of amides is 1. The topological polar surface area (TPSA) is 94.6 Å². The summed E-state index contributed by atoms with van der Waals surface area (Å²) in [6, 6.07) is 9.20. The molecule has 0 fully saturated rings. The lowest BCUT2D eigenvalue weighted by Crippen LogP contribution is -2.10. The summed E-state index contributed by atoms with van der Waals surface area (Å²) in [6.45, 7) is 2.37. The van der Waals surface area contributed by atoms with Gasteiger partial charge in [-0.25, -0.2) is 0 Å². The second-order valence-electron chi connectivity index (χ2n) is 3.81. The Morgan fingerprint density at radius 1 is 1.40 bits per heavy atom. The summed E-state index contributed by atoms with van der Waals surface area (Å²) >= 11 is 0. The lowest BCUT2D eigenvalue weighted by atomic mass is 10.3. The number of furan rings is 1. The van der Waals surface area contributed by atoms with E-state index in [1.165, 1.54) is 6.07 Å². The molecule has 0 saturated carbocycles. The molecule has 20 heavy (non-hydrogen) atoms. The number of carbonyl (C=O) groups is 1. The van der Waals surface area contributed by atoms with Gasteiger partial charge in [-0.3, -0.25) is 14.9 Å². The molecule has 104 valence electrons. The Kier molecular flexibility index (Phi) is 3.99. The Labute approximate surface area is 114 Å². The summed E-state index contributed by atoms with van der Waals surface area (Å²) in [7, 11) is 0. The molecule has 2 aromatic rings. The standard InChI is InChI=1S/C13H12N2O5/c1-2-19-10-5-3-4-9(8-10)14-13(16)11-6-7-12(20-11)15(17)18/h3-8H,2H2,1H3,(H,14,16). The highest BCUT2D eigenvalue weighted by atomic mass is 16.6. The minimum atomic E-state index is -0.702. The fraction of sp³-hybridized carbons (Fsp3) is 0.154. The van der Waals surface area contributed by atoms with Crippen LogP contribution in [-0.2, 0) is 0 Å². The Morgan fingerprint density at radius 3 is 2.85 bits per heavy atom. The maximum atomic E-state index is 11.9. The van der Waals surface area contributed by atoms with Gasteiger partial charge in [0, 0.05) is 11.8 Å². The fourth-order valence-electron chi connectivity index (χ4n) is 1.57. The molecule has 0 radical (unpaired) electrons. The second-order valence-corrected chi connectivity index (χ2v) is 3.81. The first-order valence-electron chi connectivity index (χ1n) is 5.88. The smallest absolute Gasteiger partial charge is 0.433 e. The van der Waals surface area contributed by atoms with E-state index in [2.05, 4.69) is 5.32 Å². The van der Waals surface area contributed by atoms with Crippen molar-refractivity contribution < 1.29 is 18.9 Å². The van der Waals surface area contributed by atoms with Crippen LogP contribution in [0.1, 0.15) is 17.5 Å². The lowest BCUT2D eigenvalue weighted by Gasteiger charge is -2.06. The van der Waals surface area contributed by atoms with Crippen molar-refractivity contribution in [3.63, 3.8) is 0 Å². The highest BCUT2D eigenvalue weighted by Crippen LogP contribution is 2.20. The summed E-state index contributed by atoms with van der Waals surface area (Å²) in [6.07, 6.45) is 0. The monoisotopic (exact) mass is 276 g/mol. The second kappa shape index (κ2) is 5.87. The quantitative estimate of drug-likeness (QED) is 0.669. The number of ether oxygens (including phenoxy) is 1. The number of carbonyl (C=O) groups excluding carboxylic acids is 1. The van der Waals surface area contributed by atoms with Gasteiger partial charge in [0.25, 0.3) is 5.91 Å². The van der Waals surface area contributed by atoms with E-state index in [-0.39, 0.29) is 5.76 Å². The van der Waals surface area contributed by atoms with Crippen molar-refractivity contribution in [2.24, 2.45) is 0 Å². The molecular formula is C13H12N2O5. The minimum absolute atomic E-state index is 0.126. The maximum absolute atomic E-state index is 11.9. The average Bonchev–Trinajstić information content (AvgIpc) is 2.89. The van der Waals surface area contributed by atoms with Gasteiger partial charge in [-0.05, 0) is 25.1 Å². The van der Waals surface area contributed by atoms with E-state index in [4.69, 9.17) is 9.15 Å². The van der Waals surface area contributed by atoms with E-state index < -0.39 is 16.7 Å². The highest BCUT2D eigenvalue weighted by Gasteiger charge is 2.17. The number of benzene rings is 1. The molecule has 1 amide bonds. The van der Waals surface area contributed by atoms with Crippen LogP contribution >= 0.6 is 0 Å². The van der Waals surface area contributed by atoms with Gasteiger partial charge in [-0.2, -0.15) is 0 Å². The van der Waals surface area contributed by atoms with Gasteiger partial charge in [0.1, 0.15) is 10.7 Å². The van der Waals surface area contributed by atoms with Gasteiger partial charge < -0.3 is 14.5 Å². The number of rotatable bonds is 5. The molecule has 0 spiro atoms. The predicted octanol–water partition coefficient (Wildman–Crippen LogP) is 2.84. The highest BCUT2D eigenvalue weighted by molar-refractivity contribution is 6.02. The predicted molar refractivity (Wildman–Crippen MR) is 70.9 cm³/mol. The number of hydrogen-bond acceptors (Lipinski definition) is 5. The third-order valence-electron chi connectivity index (χ3n) is 2.40. The van der Waals surface area contributed by atoms with E-state index in [0.29, 0.717) is 18.0 Å². The van der Waals surface area contributed by atoms with Crippen LogP contribution in [0.25, 0.3) is 0 Å². The first-order valence-corrected chi connectivity index (χ1v) is 5.88. The normalized spacial score (nSPS) is 10.1.